The molecule has 1 N–H and O–H groups in total. The van der Waals surface area contributed by atoms with Crippen LogP contribution in [0.2, 0.25) is 0 Å². The highest BCUT2D eigenvalue weighted by atomic mass is 16.6. The van der Waals surface area contributed by atoms with Crippen molar-refractivity contribution in [3.8, 4) is 22.9 Å². The van der Waals surface area contributed by atoms with Crippen LogP contribution < -0.4 is 19.9 Å². The lowest BCUT2D eigenvalue weighted by Gasteiger charge is -2.35. The standard InChI is InChI=1S/C34H34N4O7/c1-4-23-24-16-22(45-33(41)37-14-12-36(13-15-37)20-6-8-21(43-3)9-7-20)10-11-28(24)35-30-25(23)18-38-29(30)17-27-26(31(38)39)19-44-32(40)34(27,42)5-2/h6-11,16-17,42H,4-5,12-15,18-19H2,1-3H3/t34-/m0/s1. The molecule has 232 valence electrons. The number of nitrogens with zero attached hydrogens (tertiary/aromatic N) is 4. The second-order valence-electron chi connectivity index (χ2n) is 11.6. The molecule has 3 aliphatic rings. The molecule has 2 aromatic heterocycles. The van der Waals surface area contributed by atoms with Gasteiger partial charge in [-0.15, -0.1) is 0 Å². The van der Waals surface area contributed by atoms with Crippen molar-refractivity contribution in [2.75, 3.05) is 38.2 Å². The van der Waals surface area contributed by atoms with Crippen LogP contribution in [0.1, 0.15) is 42.5 Å². The van der Waals surface area contributed by atoms with Crippen molar-refractivity contribution in [3.05, 3.63) is 81.1 Å². The Hall–Kier alpha value is -4.90. The van der Waals surface area contributed by atoms with Gasteiger partial charge in [0.25, 0.3) is 5.56 Å². The van der Waals surface area contributed by atoms with Gasteiger partial charge in [0.2, 0.25) is 0 Å². The van der Waals surface area contributed by atoms with E-state index in [4.69, 9.17) is 19.2 Å². The molecule has 3 aliphatic heterocycles. The average Bonchev–Trinajstić information content (AvgIpc) is 3.44. The number of esters is 1. The van der Waals surface area contributed by atoms with Crippen LogP contribution in [0.4, 0.5) is 10.5 Å². The van der Waals surface area contributed by atoms with Crippen molar-refractivity contribution in [2.24, 2.45) is 0 Å². The van der Waals surface area contributed by atoms with E-state index in [9.17, 15) is 19.5 Å². The van der Waals surface area contributed by atoms with Gasteiger partial charge in [-0.25, -0.2) is 14.6 Å². The molecule has 0 radical (unpaired) electrons. The minimum Gasteiger partial charge on any atom is -0.497 e. The Kier molecular flexibility index (Phi) is 7.00. The molecule has 0 bridgehead atoms. The summed E-state index contributed by atoms with van der Waals surface area (Å²) in [7, 11) is 1.64. The number of aromatic nitrogens is 2. The molecule has 2 aromatic carbocycles. The molecular formula is C34H34N4O7. The van der Waals surface area contributed by atoms with Crippen LogP contribution >= 0.6 is 0 Å². The van der Waals surface area contributed by atoms with Crippen molar-refractivity contribution in [3.63, 3.8) is 0 Å². The highest BCUT2D eigenvalue weighted by Gasteiger charge is 2.45. The van der Waals surface area contributed by atoms with Crippen LogP contribution in [-0.4, -0.2) is 64.9 Å². The Labute approximate surface area is 259 Å². The molecule has 0 aliphatic carbocycles. The number of methoxy groups -OCH3 is 1. The third-order valence-corrected chi connectivity index (χ3v) is 9.31. The minimum atomic E-state index is -1.88. The number of hydrogen-bond acceptors (Lipinski definition) is 9. The Morgan fingerprint density at radius 1 is 1.00 bits per heavy atom. The van der Waals surface area contributed by atoms with Gasteiger partial charge in [-0.3, -0.25) is 4.79 Å². The van der Waals surface area contributed by atoms with Crippen LogP contribution in [0.5, 0.6) is 11.5 Å². The van der Waals surface area contributed by atoms with Gasteiger partial charge in [0.1, 0.15) is 18.1 Å². The van der Waals surface area contributed by atoms with Crippen LogP contribution in [0.3, 0.4) is 0 Å². The first-order valence-corrected chi connectivity index (χ1v) is 15.2. The summed E-state index contributed by atoms with van der Waals surface area (Å²) in [5, 5.41) is 12.0. The molecule has 1 amide bonds. The maximum absolute atomic E-state index is 13.6. The van der Waals surface area contributed by atoms with Gasteiger partial charge in [0, 0.05) is 48.4 Å². The molecule has 1 fully saturated rings. The lowest BCUT2D eigenvalue weighted by molar-refractivity contribution is -0.172. The smallest absolute Gasteiger partial charge is 0.415 e. The van der Waals surface area contributed by atoms with Crippen molar-refractivity contribution < 1.29 is 28.9 Å². The fraction of sp³-hybridized carbons (Fsp3) is 0.353. The molecule has 5 heterocycles. The highest BCUT2D eigenvalue weighted by molar-refractivity contribution is 5.90. The van der Waals surface area contributed by atoms with E-state index in [-0.39, 0.29) is 29.7 Å². The third kappa shape index (κ3) is 4.61. The monoisotopic (exact) mass is 610 g/mol. The molecule has 45 heavy (non-hydrogen) atoms. The number of cyclic esters (lactones) is 1. The zero-order valence-corrected chi connectivity index (χ0v) is 25.5. The summed E-state index contributed by atoms with van der Waals surface area (Å²) < 4.78 is 17.9. The molecule has 7 rings (SSSR count). The summed E-state index contributed by atoms with van der Waals surface area (Å²) in [5.41, 5.74) is 3.29. The second kappa shape index (κ2) is 10.9. The molecule has 0 saturated carbocycles. The van der Waals surface area contributed by atoms with Gasteiger partial charge in [-0.05, 0) is 66.9 Å². The molecule has 1 saturated heterocycles. The molecule has 1 atom stereocenters. The predicted octanol–water partition coefficient (Wildman–Crippen LogP) is 3.97. The van der Waals surface area contributed by atoms with Gasteiger partial charge >= 0.3 is 12.1 Å². The van der Waals surface area contributed by atoms with E-state index in [0.29, 0.717) is 61.8 Å². The highest BCUT2D eigenvalue weighted by Crippen LogP contribution is 2.40. The van der Waals surface area contributed by atoms with Gasteiger partial charge in [0.15, 0.2) is 5.60 Å². The first-order chi connectivity index (χ1) is 21.7. The van der Waals surface area contributed by atoms with Gasteiger partial charge in [-0.2, -0.15) is 0 Å². The molecule has 11 nitrogen and oxygen atoms in total. The van der Waals surface area contributed by atoms with E-state index in [1.807, 2.05) is 43.3 Å². The SMILES string of the molecule is CCc1c2c(nc3ccc(OC(=O)N4CCN(c5ccc(OC)cc5)CC4)cc13)-c1cc3c(c(=O)n1C2)COC(=O)[C@]3(O)CC. The lowest BCUT2D eigenvalue weighted by atomic mass is 9.86. The maximum atomic E-state index is 13.6. The number of rotatable bonds is 5. The van der Waals surface area contributed by atoms with Crippen molar-refractivity contribution in [1.29, 1.82) is 0 Å². The van der Waals surface area contributed by atoms with E-state index < -0.39 is 17.7 Å². The summed E-state index contributed by atoms with van der Waals surface area (Å²) in [5.74, 6) is 0.479. The van der Waals surface area contributed by atoms with Crippen molar-refractivity contribution in [1.82, 2.24) is 14.5 Å². The number of fused-ring (bicyclic) bond motifs is 5. The first-order valence-electron chi connectivity index (χ1n) is 15.2. The fourth-order valence-electron chi connectivity index (χ4n) is 6.71. The molecule has 11 heteroatoms. The van der Waals surface area contributed by atoms with Crippen molar-refractivity contribution >= 4 is 28.7 Å². The number of pyridine rings is 2. The third-order valence-electron chi connectivity index (χ3n) is 9.31. The Morgan fingerprint density at radius 3 is 2.42 bits per heavy atom. The van der Waals surface area contributed by atoms with E-state index in [1.165, 1.54) is 0 Å². The number of amides is 1. The van der Waals surface area contributed by atoms with E-state index in [0.717, 1.165) is 28.0 Å². The normalized spacial score (nSPS) is 18.7. The summed E-state index contributed by atoms with van der Waals surface area (Å²) in [6, 6.07) is 15.0. The Morgan fingerprint density at radius 2 is 1.73 bits per heavy atom. The number of aliphatic hydroxyl groups is 1. The number of aryl methyl sites for hydroxylation is 1. The first kappa shape index (κ1) is 28.8. The molecule has 4 aromatic rings. The van der Waals surface area contributed by atoms with Crippen molar-refractivity contribution in [2.45, 2.75) is 45.4 Å². The molecule has 0 unspecified atom stereocenters. The zero-order valence-electron chi connectivity index (χ0n) is 25.5. The number of ether oxygens (including phenoxy) is 3. The molecular weight excluding hydrogens is 576 g/mol. The lowest BCUT2D eigenvalue weighted by Crippen LogP contribution is -2.49. The fourth-order valence-corrected chi connectivity index (χ4v) is 6.71. The number of benzene rings is 2. The van der Waals surface area contributed by atoms with E-state index in [2.05, 4.69) is 4.90 Å². The van der Waals surface area contributed by atoms with E-state index in [1.54, 1.807) is 35.6 Å². The van der Waals surface area contributed by atoms with Crippen LogP contribution in [-0.2, 0) is 34.7 Å². The quantitative estimate of drug-likeness (QED) is 0.295. The Balaban J connectivity index is 1.15. The van der Waals surface area contributed by atoms with Gasteiger partial charge in [-0.1, -0.05) is 13.8 Å². The summed E-state index contributed by atoms with van der Waals surface area (Å²) in [6.07, 6.45) is 0.343. The van der Waals surface area contributed by atoms with Crippen LogP contribution in [0.15, 0.2) is 53.3 Å². The second-order valence-corrected chi connectivity index (χ2v) is 11.6. The van der Waals surface area contributed by atoms with Gasteiger partial charge in [0.05, 0.1) is 36.1 Å². The number of anilines is 1. The van der Waals surface area contributed by atoms with Crippen LogP contribution in [0.25, 0.3) is 22.3 Å². The number of carbonyl (C=O) groups excluding carboxylic acids is 2. The zero-order chi connectivity index (χ0) is 31.5. The minimum absolute atomic E-state index is 0.0831. The summed E-state index contributed by atoms with van der Waals surface area (Å²) in [4.78, 5) is 48.1. The molecule has 0 spiro atoms. The summed E-state index contributed by atoms with van der Waals surface area (Å²) in [6.45, 7) is 6.31. The van der Waals surface area contributed by atoms with Crippen LogP contribution in [0, 0.1) is 0 Å². The Bertz CT molecular complexity index is 1910. The van der Waals surface area contributed by atoms with E-state index >= 15 is 0 Å². The number of piperazine rings is 1. The summed E-state index contributed by atoms with van der Waals surface area (Å²) >= 11 is 0. The topological polar surface area (TPSA) is 123 Å². The largest absolute Gasteiger partial charge is 0.497 e. The predicted molar refractivity (Wildman–Crippen MR) is 167 cm³/mol. The number of carbonyl (C=O) groups is 2. The van der Waals surface area contributed by atoms with Gasteiger partial charge < -0.3 is 33.7 Å². The number of hydrogen-bond donors (Lipinski definition) is 1. The maximum Gasteiger partial charge on any atom is 0.415 e. The average molecular weight is 611 g/mol.